The maximum Gasteiger partial charge on any atom is 0.255 e. The molecular formula is C16H20N2O2. The normalized spacial score (nSPS) is 16.7. The molecule has 1 aliphatic rings. The van der Waals surface area contributed by atoms with Crippen molar-refractivity contribution in [1.82, 2.24) is 9.47 Å². The van der Waals surface area contributed by atoms with Crippen molar-refractivity contribution in [2.45, 2.75) is 13.5 Å². The van der Waals surface area contributed by atoms with Crippen molar-refractivity contribution in [1.29, 1.82) is 0 Å². The molecule has 0 amide bonds. The van der Waals surface area contributed by atoms with Crippen LogP contribution in [0.25, 0.3) is 10.9 Å². The number of ether oxygens (including phenoxy) is 1. The van der Waals surface area contributed by atoms with E-state index in [1.165, 1.54) is 5.56 Å². The molecule has 0 atom stereocenters. The van der Waals surface area contributed by atoms with Crippen LogP contribution in [0, 0.1) is 6.92 Å². The van der Waals surface area contributed by atoms with Gasteiger partial charge in [-0.3, -0.25) is 9.69 Å². The molecule has 0 radical (unpaired) electrons. The number of nitrogens with zero attached hydrogens (tertiary/aromatic N) is 2. The molecule has 1 saturated heterocycles. The van der Waals surface area contributed by atoms with E-state index in [0.29, 0.717) is 6.54 Å². The lowest BCUT2D eigenvalue weighted by molar-refractivity contribution is 0.0340. The standard InChI is InChI=1S/C16H20N2O2/c1-12-3-4-15-13(9-12)10-14(16(19)17(15)2)11-18-5-7-20-8-6-18/h3-4,9-10H,5-8,11H2,1-2H3. The molecular weight excluding hydrogens is 252 g/mol. The molecule has 0 saturated carbocycles. The third-order valence-electron chi connectivity index (χ3n) is 3.95. The monoisotopic (exact) mass is 272 g/mol. The molecule has 4 heteroatoms. The van der Waals surface area contributed by atoms with E-state index in [4.69, 9.17) is 4.74 Å². The van der Waals surface area contributed by atoms with Gasteiger partial charge in [0.25, 0.3) is 5.56 Å². The zero-order valence-electron chi connectivity index (χ0n) is 12.1. The van der Waals surface area contributed by atoms with Crippen molar-refractivity contribution >= 4 is 10.9 Å². The lowest BCUT2D eigenvalue weighted by atomic mass is 10.1. The molecule has 0 bridgehead atoms. The van der Waals surface area contributed by atoms with Crippen LogP contribution in [0.2, 0.25) is 0 Å². The number of hydrogen-bond donors (Lipinski definition) is 0. The van der Waals surface area contributed by atoms with Crippen LogP contribution in [0.1, 0.15) is 11.1 Å². The van der Waals surface area contributed by atoms with Crippen LogP contribution in [0.3, 0.4) is 0 Å². The molecule has 0 spiro atoms. The summed E-state index contributed by atoms with van der Waals surface area (Å²) < 4.78 is 7.11. The van der Waals surface area contributed by atoms with Gasteiger partial charge in [-0.15, -0.1) is 0 Å². The van der Waals surface area contributed by atoms with Gasteiger partial charge in [0.05, 0.1) is 18.7 Å². The second kappa shape index (κ2) is 5.38. The van der Waals surface area contributed by atoms with Crippen molar-refractivity contribution in [2.75, 3.05) is 26.3 Å². The lowest BCUT2D eigenvalue weighted by Crippen LogP contribution is -2.37. The van der Waals surface area contributed by atoms with Crippen LogP contribution in [-0.2, 0) is 18.3 Å². The second-order valence-electron chi connectivity index (χ2n) is 5.48. The van der Waals surface area contributed by atoms with Gasteiger partial charge in [-0.05, 0) is 30.5 Å². The van der Waals surface area contributed by atoms with E-state index < -0.39 is 0 Å². The Morgan fingerprint density at radius 1 is 1.20 bits per heavy atom. The van der Waals surface area contributed by atoms with E-state index in [1.807, 2.05) is 25.2 Å². The smallest absolute Gasteiger partial charge is 0.255 e. The molecule has 1 aromatic heterocycles. The van der Waals surface area contributed by atoms with Gasteiger partial charge in [0.1, 0.15) is 0 Å². The SMILES string of the molecule is Cc1ccc2c(c1)cc(CN1CCOCC1)c(=O)n2C. The Labute approximate surface area is 118 Å². The minimum Gasteiger partial charge on any atom is -0.379 e. The lowest BCUT2D eigenvalue weighted by Gasteiger charge is -2.26. The number of morpholine rings is 1. The third kappa shape index (κ3) is 2.49. The van der Waals surface area contributed by atoms with Gasteiger partial charge in [-0.1, -0.05) is 11.6 Å². The average Bonchev–Trinajstić information content (AvgIpc) is 2.45. The largest absolute Gasteiger partial charge is 0.379 e. The predicted molar refractivity (Wildman–Crippen MR) is 80.0 cm³/mol. The first kappa shape index (κ1) is 13.3. The summed E-state index contributed by atoms with van der Waals surface area (Å²) in [4.78, 5) is 14.7. The Hall–Kier alpha value is -1.65. The molecule has 0 aliphatic carbocycles. The van der Waals surface area contributed by atoms with E-state index in [1.54, 1.807) is 4.57 Å². The summed E-state index contributed by atoms with van der Waals surface area (Å²) in [5.74, 6) is 0. The van der Waals surface area contributed by atoms with Gasteiger partial charge >= 0.3 is 0 Å². The summed E-state index contributed by atoms with van der Waals surface area (Å²) in [6, 6.07) is 8.24. The summed E-state index contributed by atoms with van der Waals surface area (Å²) >= 11 is 0. The summed E-state index contributed by atoms with van der Waals surface area (Å²) in [5.41, 5.74) is 3.18. The van der Waals surface area contributed by atoms with Crippen LogP contribution in [0.5, 0.6) is 0 Å². The Morgan fingerprint density at radius 3 is 2.70 bits per heavy atom. The minimum atomic E-state index is 0.104. The average molecular weight is 272 g/mol. The molecule has 2 aromatic rings. The number of rotatable bonds is 2. The van der Waals surface area contributed by atoms with Gasteiger partial charge in [0, 0.05) is 32.2 Å². The van der Waals surface area contributed by atoms with Gasteiger partial charge < -0.3 is 9.30 Å². The highest BCUT2D eigenvalue weighted by atomic mass is 16.5. The van der Waals surface area contributed by atoms with Crippen molar-refractivity contribution in [3.8, 4) is 0 Å². The highest BCUT2D eigenvalue weighted by Gasteiger charge is 2.14. The molecule has 1 aliphatic heterocycles. The second-order valence-corrected chi connectivity index (χ2v) is 5.48. The number of pyridine rings is 1. The quantitative estimate of drug-likeness (QED) is 0.834. The van der Waals surface area contributed by atoms with Crippen LogP contribution >= 0.6 is 0 Å². The molecule has 1 aromatic carbocycles. The molecule has 0 unspecified atom stereocenters. The molecule has 4 nitrogen and oxygen atoms in total. The van der Waals surface area contributed by atoms with Crippen molar-refractivity contribution < 1.29 is 4.74 Å². The summed E-state index contributed by atoms with van der Waals surface area (Å²) in [6.45, 7) is 6.09. The van der Waals surface area contributed by atoms with Crippen molar-refractivity contribution in [3.63, 3.8) is 0 Å². The number of benzene rings is 1. The van der Waals surface area contributed by atoms with E-state index in [9.17, 15) is 4.79 Å². The first-order valence-electron chi connectivity index (χ1n) is 7.04. The fourth-order valence-corrected chi connectivity index (χ4v) is 2.78. The fraction of sp³-hybridized carbons (Fsp3) is 0.438. The summed E-state index contributed by atoms with van der Waals surface area (Å²) in [7, 11) is 1.85. The van der Waals surface area contributed by atoms with Crippen LogP contribution < -0.4 is 5.56 Å². The molecule has 2 heterocycles. The van der Waals surface area contributed by atoms with Crippen molar-refractivity contribution in [2.24, 2.45) is 7.05 Å². The fourth-order valence-electron chi connectivity index (χ4n) is 2.78. The molecule has 0 N–H and O–H groups in total. The van der Waals surface area contributed by atoms with Crippen LogP contribution in [0.15, 0.2) is 29.1 Å². The van der Waals surface area contributed by atoms with Gasteiger partial charge in [0.15, 0.2) is 0 Å². The summed E-state index contributed by atoms with van der Waals surface area (Å²) in [6.07, 6.45) is 0. The zero-order valence-corrected chi connectivity index (χ0v) is 12.1. The Bertz CT molecular complexity index is 685. The third-order valence-corrected chi connectivity index (χ3v) is 3.95. The Morgan fingerprint density at radius 2 is 1.95 bits per heavy atom. The first-order valence-corrected chi connectivity index (χ1v) is 7.04. The van der Waals surface area contributed by atoms with E-state index in [0.717, 1.165) is 42.8 Å². The number of aromatic nitrogens is 1. The van der Waals surface area contributed by atoms with Crippen LogP contribution in [-0.4, -0.2) is 35.8 Å². The first-order chi connectivity index (χ1) is 9.65. The number of aryl methyl sites for hydroxylation is 2. The number of hydrogen-bond acceptors (Lipinski definition) is 3. The Kier molecular flexibility index (Phi) is 3.59. The zero-order chi connectivity index (χ0) is 14.1. The predicted octanol–water partition coefficient (Wildman–Crippen LogP) is 1.68. The van der Waals surface area contributed by atoms with Crippen LogP contribution in [0.4, 0.5) is 0 Å². The minimum absolute atomic E-state index is 0.104. The Balaban J connectivity index is 2.01. The highest BCUT2D eigenvalue weighted by molar-refractivity contribution is 5.80. The van der Waals surface area contributed by atoms with E-state index in [-0.39, 0.29) is 5.56 Å². The molecule has 1 fully saturated rings. The maximum atomic E-state index is 12.4. The van der Waals surface area contributed by atoms with Gasteiger partial charge in [-0.25, -0.2) is 0 Å². The van der Waals surface area contributed by atoms with Gasteiger partial charge in [-0.2, -0.15) is 0 Å². The molecule has 106 valence electrons. The van der Waals surface area contributed by atoms with E-state index in [2.05, 4.69) is 17.9 Å². The number of fused-ring (bicyclic) bond motifs is 1. The highest BCUT2D eigenvalue weighted by Crippen LogP contribution is 2.16. The van der Waals surface area contributed by atoms with Gasteiger partial charge in [0.2, 0.25) is 0 Å². The summed E-state index contributed by atoms with van der Waals surface area (Å²) in [5, 5.41) is 1.13. The van der Waals surface area contributed by atoms with E-state index >= 15 is 0 Å². The molecule has 3 rings (SSSR count). The maximum absolute atomic E-state index is 12.4. The topological polar surface area (TPSA) is 34.5 Å². The van der Waals surface area contributed by atoms with Crippen molar-refractivity contribution in [3.05, 3.63) is 45.7 Å². The molecule has 20 heavy (non-hydrogen) atoms.